The van der Waals surface area contributed by atoms with Crippen molar-refractivity contribution in [3.05, 3.63) is 16.9 Å². The Labute approximate surface area is 114 Å². The lowest BCUT2D eigenvalue weighted by Gasteiger charge is -2.47. The molecule has 5 heteroatoms. The van der Waals surface area contributed by atoms with Crippen molar-refractivity contribution in [2.24, 2.45) is 12.8 Å². The molecule has 1 heterocycles. The summed E-state index contributed by atoms with van der Waals surface area (Å²) in [5.41, 5.74) is 7.53. The number of aromatic nitrogens is 2. The second-order valence-electron chi connectivity index (χ2n) is 5.54. The molecule has 1 aromatic heterocycles. The topological polar surface area (TPSA) is 47.1 Å². The molecule has 1 fully saturated rings. The summed E-state index contributed by atoms with van der Waals surface area (Å²) in [6.07, 6.45) is 7.72. The Morgan fingerprint density at radius 2 is 2.00 bits per heavy atom. The van der Waals surface area contributed by atoms with Crippen molar-refractivity contribution in [1.29, 1.82) is 0 Å². The number of halogens is 1. The molecule has 1 aromatic rings. The van der Waals surface area contributed by atoms with E-state index in [4.69, 9.17) is 17.3 Å². The van der Waals surface area contributed by atoms with Crippen LogP contribution < -0.4 is 5.73 Å². The van der Waals surface area contributed by atoms with Gasteiger partial charge in [-0.15, -0.1) is 0 Å². The van der Waals surface area contributed by atoms with Crippen molar-refractivity contribution < 1.29 is 0 Å². The van der Waals surface area contributed by atoms with Crippen LogP contribution in [0.2, 0.25) is 5.02 Å². The molecule has 4 nitrogen and oxygen atoms in total. The minimum absolute atomic E-state index is 0.00961. The van der Waals surface area contributed by atoms with Gasteiger partial charge in [0, 0.05) is 12.6 Å². The first-order valence-electron chi connectivity index (χ1n) is 6.59. The number of aryl methyl sites for hydroxylation is 1. The molecule has 2 rings (SSSR count). The van der Waals surface area contributed by atoms with Crippen LogP contribution in [0.3, 0.4) is 0 Å². The summed E-state index contributed by atoms with van der Waals surface area (Å²) >= 11 is 6.24. The van der Waals surface area contributed by atoms with Crippen LogP contribution >= 0.6 is 11.6 Å². The molecule has 0 saturated heterocycles. The van der Waals surface area contributed by atoms with Gasteiger partial charge in [-0.05, 0) is 26.9 Å². The van der Waals surface area contributed by atoms with E-state index in [-0.39, 0.29) is 11.6 Å². The van der Waals surface area contributed by atoms with Crippen LogP contribution in [0.15, 0.2) is 6.20 Å². The Kier molecular flexibility index (Phi) is 3.99. The molecule has 1 aliphatic rings. The lowest BCUT2D eigenvalue weighted by atomic mass is 9.74. The van der Waals surface area contributed by atoms with Gasteiger partial charge in [-0.3, -0.25) is 4.68 Å². The predicted molar refractivity (Wildman–Crippen MR) is 74.6 cm³/mol. The summed E-state index contributed by atoms with van der Waals surface area (Å²) < 4.78 is 1.81. The van der Waals surface area contributed by atoms with Gasteiger partial charge in [-0.25, -0.2) is 0 Å². The maximum Gasteiger partial charge on any atom is 0.0834 e. The molecule has 2 N–H and O–H groups in total. The second kappa shape index (κ2) is 5.19. The fourth-order valence-corrected chi connectivity index (χ4v) is 3.51. The first kappa shape index (κ1) is 13.8. The average molecular weight is 271 g/mol. The quantitative estimate of drug-likeness (QED) is 0.917. The predicted octanol–water partition coefficient (Wildman–Crippen LogP) is 2.34. The van der Waals surface area contributed by atoms with Gasteiger partial charge in [0.25, 0.3) is 0 Å². The third kappa shape index (κ3) is 2.17. The molecule has 0 radical (unpaired) electrons. The molecule has 18 heavy (non-hydrogen) atoms. The molecule has 1 atom stereocenters. The molecule has 1 unspecified atom stereocenters. The van der Waals surface area contributed by atoms with Gasteiger partial charge in [0.15, 0.2) is 0 Å². The van der Waals surface area contributed by atoms with Crippen LogP contribution in [0.5, 0.6) is 0 Å². The molecule has 0 aromatic carbocycles. The number of nitrogens with zero attached hydrogens (tertiary/aromatic N) is 3. The van der Waals surface area contributed by atoms with E-state index in [0.29, 0.717) is 5.02 Å². The standard InChI is InChI=1S/C13H23ClN4/c1-17(2)13(7-5-4-6-8-13)12(15)11-10(14)9-16-18(11)3/h9,12H,4-8,15H2,1-3H3. The largest absolute Gasteiger partial charge is 0.321 e. The van der Waals surface area contributed by atoms with Crippen molar-refractivity contribution in [1.82, 2.24) is 14.7 Å². The van der Waals surface area contributed by atoms with Gasteiger partial charge < -0.3 is 10.6 Å². The van der Waals surface area contributed by atoms with Crippen molar-refractivity contribution in [2.75, 3.05) is 14.1 Å². The van der Waals surface area contributed by atoms with Gasteiger partial charge in [0.1, 0.15) is 0 Å². The molecule has 0 bridgehead atoms. The summed E-state index contributed by atoms with van der Waals surface area (Å²) in [6.45, 7) is 0. The first-order chi connectivity index (χ1) is 8.49. The lowest BCUT2D eigenvalue weighted by Crippen LogP contribution is -2.54. The van der Waals surface area contributed by atoms with E-state index in [9.17, 15) is 0 Å². The maximum atomic E-state index is 6.56. The van der Waals surface area contributed by atoms with Crippen LogP contribution in [0, 0.1) is 0 Å². The fraction of sp³-hybridized carbons (Fsp3) is 0.769. The van der Waals surface area contributed by atoms with Crippen molar-refractivity contribution in [2.45, 2.75) is 43.7 Å². The minimum atomic E-state index is -0.0900. The molecule has 1 aliphatic carbocycles. The Morgan fingerprint density at radius 1 is 1.39 bits per heavy atom. The van der Waals surface area contributed by atoms with Gasteiger partial charge >= 0.3 is 0 Å². The zero-order chi connectivity index (χ0) is 13.3. The molecule has 0 amide bonds. The smallest absolute Gasteiger partial charge is 0.0834 e. The number of hydrogen-bond donors (Lipinski definition) is 1. The van der Waals surface area contributed by atoms with Crippen LogP contribution in [0.1, 0.15) is 43.8 Å². The highest BCUT2D eigenvalue weighted by Crippen LogP contribution is 2.42. The van der Waals surface area contributed by atoms with Gasteiger partial charge in [-0.2, -0.15) is 5.10 Å². The van der Waals surface area contributed by atoms with Gasteiger partial charge in [-0.1, -0.05) is 30.9 Å². The second-order valence-corrected chi connectivity index (χ2v) is 5.94. The van der Waals surface area contributed by atoms with E-state index in [0.717, 1.165) is 18.5 Å². The fourth-order valence-electron chi connectivity index (χ4n) is 3.22. The molecule has 0 spiro atoms. The highest BCUT2D eigenvalue weighted by atomic mass is 35.5. The van der Waals surface area contributed by atoms with Crippen LogP contribution in [-0.2, 0) is 7.05 Å². The molecule has 102 valence electrons. The highest BCUT2D eigenvalue weighted by molar-refractivity contribution is 6.31. The molecule has 1 saturated carbocycles. The van der Waals surface area contributed by atoms with Crippen molar-refractivity contribution in [3.63, 3.8) is 0 Å². The third-order valence-electron chi connectivity index (χ3n) is 4.42. The number of likely N-dealkylation sites (N-methyl/N-ethyl adjacent to an activating group) is 1. The van der Waals surface area contributed by atoms with Gasteiger partial charge in [0.05, 0.1) is 23.0 Å². The SMILES string of the molecule is CN(C)C1(C(N)c2c(Cl)cnn2C)CCCCC1. The van der Waals surface area contributed by atoms with Crippen LogP contribution in [-0.4, -0.2) is 34.3 Å². The first-order valence-corrected chi connectivity index (χ1v) is 6.97. The van der Waals surface area contributed by atoms with Gasteiger partial charge in [0.2, 0.25) is 0 Å². The van der Waals surface area contributed by atoms with E-state index in [1.54, 1.807) is 6.20 Å². The zero-order valence-electron chi connectivity index (χ0n) is 11.5. The summed E-state index contributed by atoms with van der Waals surface area (Å²) in [7, 11) is 6.15. The van der Waals surface area contributed by atoms with Crippen LogP contribution in [0.4, 0.5) is 0 Å². The monoisotopic (exact) mass is 270 g/mol. The Morgan fingerprint density at radius 3 is 2.44 bits per heavy atom. The minimum Gasteiger partial charge on any atom is -0.321 e. The molecule has 0 aliphatic heterocycles. The Balaban J connectivity index is 2.37. The number of nitrogens with two attached hydrogens (primary N) is 1. The summed E-state index contributed by atoms with van der Waals surface area (Å²) in [5.74, 6) is 0. The van der Waals surface area contributed by atoms with Crippen molar-refractivity contribution >= 4 is 11.6 Å². The normalized spacial score (nSPS) is 21.2. The van der Waals surface area contributed by atoms with E-state index in [1.165, 1.54) is 19.3 Å². The Bertz CT molecular complexity index is 388. The molecular formula is C13H23ClN4. The summed E-state index contributed by atoms with van der Waals surface area (Å²) in [4.78, 5) is 2.28. The summed E-state index contributed by atoms with van der Waals surface area (Å²) in [5, 5.41) is 4.89. The zero-order valence-corrected chi connectivity index (χ0v) is 12.2. The van der Waals surface area contributed by atoms with Crippen molar-refractivity contribution in [3.8, 4) is 0 Å². The Hall–Kier alpha value is -0.580. The molecular weight excluding hydrogens is 248 g/mol. The van der Waals surface area contributed by atoms with E-state index in [2.05, 4.69) is 24.1 Å². The maximum absolute atomic E-state index is 6.56. The average Bonchev–Trinajstić information content (AvgIpc) is 2.69. The lowest BCUT2D eigenvalue weighted by molar-refractivity contribution is 0.0686. The summed E-state index contributed by atoms with van der Waals surface area (Å²) in [6, 6.07) is -0.0900. The van der Waals surface area contributed by atoms with Crippen LogP contribution in [0.25, 0.3) is 0 Å². The number of rotatable bonds is 3. The highest BCUT2D eigenvalue weighted by Gasteiger charge is 2.42. The van der Waals surface area contributed by atoms with E-state index >= 15 is 0 Å². The van der Waals surface area contributed by atoms with E-state index < -0.39 is 0 Å². The third-order valence-corrected chi connectivity index (χ3v) is 4.71. The number of hydrogen-bond acceptors (Lipinski definition) is 3. The van der Waals surface area contributed by atoms with E-state index in [1.807, 2.05) is 11.7 Å².